The Bertz CT molecular complexity index is 2790. The number of unbranched alkanes of at least 4 members (excludes halogenated alkanes) is 11. The number of carbonyl (C=O) groups excluding carboxylic acids is 4. The third-order valence-electron chi connectivity index (χ3n) is 14.8. The second kappa shape index (κ2) is 74.9. The van der Waals surface area contributed by atoms with Gasteiger partial charge in [-0.3, -0.25) is 37.3 Å². The van der Waals surface area contributed by atoms with Gasteiger partial charge in [0, 0.05) is 12.8 Å². The molecule has 0 radical (unpaired) electrons. The van der Waals surface area contributed by atoms with Gasteiger partial charge in [-0.25, -0.2) is 9.13 Å². The van der Waals surface area contributed by atoms with Gasteiger partial charge in [-0.15, -0.1) is 0 Å². The zero-order valence-corrected chi connectivity index (χ0v) is 65.4. The van der Waals surface area contributed by atoms with Gasteiger partial charge in [-0.1, -0.05) is 286 Å². The third kappa shape index (κ3) is 73.9. The van der Waals surface area contributed by atoms with E-state index in [4.69, 9.17) is 37.0 Å². The first-order valence-electron chi connectivity index (χ1n) is 38.3. The lowest BCUT2D eigenvalue weighted by molar-refractivity contribution is -0.160. The maximum absolute atomic E-state index is 13.1. The summed E-state index contributed by atoms with van der Waals surface area (Å²) in [6.45, 7) is 4.15. The topological polar surface area (TPSA) is 237 Å². The predicted molar refractivity (Wildman–Crippen MR) is 426 cm³/mol. The highest BCUT2D eigenvalue weighted by Gasteiger charge is 2.30. The van der Waals surface area contributed by atoms with Gasteiger partial charge in [0.15, 0.2) is 12.2 Å². The summed E-state index contributed by atoms with van der Waals surface area (Å²) in [5.41, 5.74) is 0. The number of esters is 4. The highest BCUT2D eigenvalue weighted by molar-refractivity contribution is 7.47. The van der Waals surface area contributed by atoms with E-state index in [1.165, 1.54) is 38.5 Å². The highest BCUT2D eigenvalue weighted by Crippen LogP contribution is 2.45. The van der Waals surface area contributed by atoms with E-state index in [0.29, 0.717) is 32.1 Å². The summed E-state index contributed by atoms with van der Waals surface area (Å²) in [6, 6.07) is 0. The Balaban J connectivity index is 5.59. The van der Waals surface area contributed by atoms with Crippen molar-refractivity contribution < 1.29 is 80.2 Å². The van der Waals surface area contributed by atoms with Crippen molar-refractivity contribution in [3.63, 3.8) is 0 Å². The minimum atomic E-state index is -5.03. The van der Waals surface area contributed by atoms with E-state index < -0.39 is 97.5 Å². The van der Waals surface area contributed by atoms with Crippen molar-refractivity contribution in [3.05, 3.63) is 207 Å². The van der Waals surface area contributed by atoms with Crippen molar-refractivity contribution in [2.45, 2.75) is 264 Å². The molecule has 104 heavy (non-hydrogen) atoms. The molecule has 3 N–H and O–H groups in total. The summed E-state index contributed by atoms with van der Waals surface area (Å²) >= 11 is 0. The van der Waals surface area contributed by atoms with Gasteiger partial charge < -0.3 is 33.8 Å². The fourth-order valence-corrected chi connectivity index (χ4v) is 10.7. The molecule has 0 rings (SSSR count). The lowest BCUT2D eigenvalue weighted by Crippen LogP contribution is -2.30. The van der Waals surface area contributed by atoms with E-state index in [1.807, 2.05) is 48.6 Å². The first-order valence-corrected chi connectivity index (χ1v) is 41.3. The average Bonchev–Trinajstić information content (AvgIpc) is 0.918. The van der Waals surface area contributed by atoms with Crippen LogP contribution in [0, 0.1) is 0 Å². The average molecular weight is 1490 g/mol. The minimum Gasteiger partial charge on any atom is -0.462 e. The summed E-state index contributed by atoms with van der Waals surface area (Å²) in [5.74, 6) is -2.61. The molecule has 0 aliphatic heterocycles. The second-order valence-corrected chi connectivity index (χ2v) is 27.4. The van der Waals surface area contributed by atoms with Crippen LogP contribution in [0.25, 0.3) is 0 Å². The molecule has 0 aliphatic carbocycles. The second-order valence-electron chi connectivity index (χ2n) is 24.5. The normalized spacial score (nSPS) is 15.0. The van der Waals surface area contributed by atoms with Crippen LogP contribution in [0.3, 0.4) is 0 Å². The summed E-state index contributed by atoms with van der Waals surface area (Å²) in [7, 11) is -10.1. The van der Waals surface area contributed by atoms with Crippen molar-refractivity contribution in [2.24, 2.45) is 0 Å². The third-order valence-corrected chi connectivity index (χ3v) is 16.7. The molecule has 5 unspecified atom stereocenters. The van der Waals surface area contributed by atoms with Crippen LogP contribution in [-0.4, -0.2) is 96.7 Å². The molecular weight excluding hydrogens is 1350 g/mol. The number of phosphoric acid groups is 2. The van der Waals surface area contributed by atoms with Crippen molar-refractivity contribution in [1.82, 2.24) is 0 Å². The largest absolute Gasteiger partial charge is 0.472 e. The van der Waals surface area contributed by atoms with Crippen LogP contribution >= 0.6 is 15.6 Å². The molecule has 584 valence electrons. The Kier molecular flexibility index (Phi) is 70.3. The van der Waals surface area contributed by atoms with E-state index in [2.05, 4.69) is 167 Å². The Morgan fingerprint density at radius 3 is 0.933 bits per heavy atom. The fraction of sp³-hybridized carbons (Fsp3) is 0.553. The Labute approximate surface area is 627 Å². The maximum atomic E-state index is 13.1. The number of rotatable bonds is 69. The molecule has 0 amide bonds. The van der Waals surface area contributed by atoms with Crippen molar-refractivity contribution >= 4 is 39.5 Å². The maximum Gasteiger partial charge on any atom is 0.472 e. The van der Waals surface area contributed by atoms with Crippen LogP contribution in [-0.2, 0) is 65.4 Å². The zero-order valence-electron chi connectivity index (χ0n) is 63.6. The number of aliphatic hydroxyl groups excluding tert-OH is 1. The molecule has 5 atom stereocenters. The molecule has 0 aromatic heterocycles. The van der Waals surface area contributed by atoms with Gasteiger partial charge in [-0.2, -0.15) is 0 Å². The first kappa shape index (κ1) is 97.6. The van der Waals surface area contributed by atoms with E-state index in [1.54, 1.807) is 18.2 Å². The lowest BCUT2D eigenvalue weighted by atomic mass is 10.1. The van der Waals surface area contributed by atoms with Crippen LogP contribution in [0.5, 0.6) is 0 Å². The number of hydrogen-bond donors (Lipinski definition) is 3. The first-order chi connectivity index (χ1) is 50.7. The summed E-state index contributed by atoms with van der Waals surface area (Å²) < 4.78 is 68.1. The minimum absolute atomic E-state index is 0.00577. The number of carbonyl (C=O) groups is 4. The number of phosphoric ester groups is 2. The molecule has 0 aliphatic rings. The van der Waals surface area contributed by atoms with E-state index in [9.17, 15) is 43.2 Å². The number of ether oxygens (including phenoxy) is 4. The molecule has 0 aromatic carbocycles. The number of allylic oxidation sites excluding steroid dienone is 32. The van der Waals surface area contributed by atoms with Crippen molar-refractivity contribution in [1.29, 1.82) is 0 Å². The molecular formula is C85H132O17P2. The monoisotopic (exact) mass is 1490 g/mol. The molecule has 0 heterocycles. The van der Waals surface area contributed by atoms with Crippen LogP contribution in [0.15, 0.2) is 207 Å². The van der Waals surface area contributed by atoms with E-state index in [0.717, 1.165) is 122 Å². The SMILES string of the molecule is CC/C=C\C/C=C\C/C=C\C/C=C\C/C=C\C/C=C\CCC(=O)OCC(COP(=O)(O)OCC(O)COP(=O)(O)OCC(COC(=O)C/C=C\C/C=C\C/C=C\C/C=C\C/C=C\CC)OC(=O)CCCCCCC/C=C\CCCCCCCC)OC(=O)C/C=C\C/C=C\C/C=C\C/C=C\C/C=C\CC. The predicted octanol–water partition coefficient (Wildman–Crippen LogP) is 22.3. The van der Waals surface area contributed by atoms with Crippen LogP contribution in [0.2, 0.25) is 0 Å². The van der Waals surface area contributed by atoms with Crippen LogP contribution < -0.4 is 0 Å². The number of hydrogen-bond acceptors (Lipinski definition) is 15. The summed E-state index contributed by atoms with van der Waals surface area (Å²) in [5, 5.41) is 10.6. The Morgan fingerprint density at radius 1 is 0.288 bits per heavy atom. The molecule has 0 saturated heterocycles. The lowest BCUT2D eigenvalue weighted by Gasteiger charge is -2.21. The van der Waals surface area contributed by atoms with Crippen LogP contribution in [0.4, 0.5) is 0 Å². The van der Waals surface area contributed by atoms with Crippen molar-refractivity contribution in [3.8, 4) is 0 Å². The van der Waals surface area contributed by atoms with Gasteiger partial charge >= 0.3 is 39.5 Å². The molecule has 0 fully saturated rings. The Hall–Kier alpha value is -6.36. The summed E-state index contributed by atoms with van der Waals surface area (Å²) in [6.07, 6.45) is 93.3. The van der Waals surface area contributed by atoms with Gasteiger partial charge in [0.05, 0.1) is 39.3 Å². The quantitative estimate of drug-likeness (QED) is 0.0169. The standard InChI is InChI=1S/C85H132O17P2/c1-5-9-13-17-21-25-29-33-37-38-39-40-44-46-50-54-58-62-66-70-83(88)96-76-81(102-85(90)72-68-64-60-56-52-48-43-36-32-28-24-20-16-12-8-4)78-100-104(93,94)98-74-79(86)73-97-103(91,92)99-77-80(101-84(89)71-67-63-59-55-51-47-42-35-31-27-23-19-15-11-7-3)75-95-82(87)69-65-61-57-53-49-45-41-34-30-26-22-18-14-10-6-2/h9-10,12-14,16,21-22,24-26,28,33-37,39-43,46,49-50,52-53,56,58,61-62,64-65,68,79-81,86H,5-8,11,15,17-20,23,27,29-32,38,44-45,47-48,51,54-55,57,59-60,63,66-67,69-78H2,1-4H3,(H,91,92)(H,93,94)/b13-9-,14-10-,16-12-,25-21-,26-22-,28-24-,37-33-,40-39-,41-34-,42-35-,43-36-,50-46-,53-49-,56-52-,62-58-,65-61-,68-64-. The molecule has 0 bridgehead atoms. The summed E-state index contributed by atoms with van der Waals surface area (Å²) in [4.78, 5) is 72.8. The van der Waals surface area contributed by atoms with E-state index in [-0.39, 0.29) is 25.7 Å². The molecule has 0 spiro atoms. The van der Waals surface area contributed by atoms with Crippen LogP contribution in [0.1, 0.15) is 246 Å². The molecule has 0 saturated carbocycles. The molecule has 19 heteroatoms. The zero-order chi connectivity index (χ0) is 76.0. The Morgan fingerprint density at radius 2 is 0.567 bits per heavy atom. The highest BCUT2D eigenvalue weighted by atomic mass is 31.2. The van der Waals surface area contributed by atoms with Gasteiger partial charge in [0.25, 0.3) is 0 Å². The van der Waals surface area contributed by atoms with Gasteiger partial charge in [0.1, 0.15) is 19.3 Å². The molecule has 0 aromatic rings. The molecule has 17 nitrogen and oxygen atoms in total. The van der Waals surface area contributed by atoms with Gasteiger partial charge in [-0.05, 0) is 141 Å². The fourth-order valence-electron chi connectivity index (χ4n) is 9.09. The number of aliphatic hydroxyl groups is 1. The van der Waals surface area contributed by atoms with Gasteiger partial charge in [0.2, 0.25) is 0 Å². The van der Waals surface area contributed by atoms with Crippen molar-refractivity contribution in [2.75, 3.05) is 39.6 Å². The van der Waals surface area contributed by atoms with E-state index >= 15 is 0 Å². The smallest absolute Gasteiger partial charge is 0.462 e.